The fourth-order valence-electron chi connectivity index (χ4n) is 2.45. The van der Waals surface area contributed by atoms with Crippen LogP contribution in [0.2, 0.25) is 0 Å². The molecule has 0 fully saturated rings. The lowest BCUT2D eigenvalue weighted by atomic mass is 9.74. The molecule has 1 rings (SSSR count). The lowest BCUT2D eigenvalue weighted by molar-refractivity contribution is 0.397. The smallest absolute Gasteiger partial charge is 0.211 e. The Balaban J connectivity index is 3.57. The van der Waals surface area contributed by atoms with Gasteiger partial charge in [-0.2, -0.15) is 9.98 Å². The fourth-order valence-corrected chi connectivity index (χ4v) is 2.45. The lowest BCUT2D eigenvalue weighted by Gasteiger charge is -2.35. The molecule has 0 radical (unpaired) electrons. The highest BCUT2D eigenvalue weighted by molar-refractivity contribution is 5.52. The summed E-state index contributed by atoms with van der Waals surface area (Å²) in [6, 6.07) is 0. The Kier molecular flexibility index (Phi) is 5.96. The summed E-state index contributed by atoms with van der Waals surface area (Å²) in [6.45, 7) is 3.14. The molecule has 0 aromatic carbocycles. The van der Waals surface area contributed by atoms with Crippen LogP contribution < -0.4 is 0 Å². The third kappa shape index (κ3) is 3.36. The Morgan fingerprint density at radius 1 is 1.09 bits per heavy atom. The van der Waals surface area contributed by atoms with Crippen molar-refractivity contribution in [3.63, 3.8) is 0 Å². The molecule has 112 valence electrons. The van der Waals surface area contributed by atoms with Gasteiger partial charge in [0, 0.05) is 5.92 Å². The molecule has 0 aliphatic heterocycles. The zero-order chi connectivity index (χ0) is 16.6. The zero-order valence-electron chi connectivity index (χ0n) is 12.0. The van der Waals surface area contributed by atoms with Crippen molar-refractivity contribution in [2.45, 2.75) is 19.4 Å². The molecule has 0 bridgehead atoms. The Bertz CT molecular complexity index is 713. The summed E-state index contributed by atoms with van der Waals surface area (Å²) in [6.07, 6.45) is 7.28. The maximum absolute atomic E-state index is 10.8. The van der Waals surface area contributed by atoms with Gasteiger partial charge >= 0.3 is 0 Å². The number of hydrogen-bond acceptors (Lipinski definition) is 8. The van der Waals surface area contributed by atoms with E-state index < -0.39 is 11.5 Å². The van der Waals surface area contributed by atoms with E-state index in [-0.39, 0.29) is 13.1 Å². The molecule has 22 heavy (non-hydrogen) atoms. The average molecular weight is 300 g/mol. The number of aliphatic imine (C=N–C) groups is 4. The highest BCUT2D eigenvalue weighted by Gasteiger charge is 2.41. The number of isocyanates is 4. The predicted molar refractivity (Wildman–Crippen MR) is 74.9 cm³/mol. The van der Waals surface area contributed by atoms with Crippen molar-refractivity contribution < 1.29 is 19.2 Å². The van der Waals surface area contributed by atoms with Crippen molar-refractivity contribution in [1.82, 2.24) is 0 Å². The van der Waals surface area contributed by atoms with Crippen LogP contribution in [0.1, 0.15) is 13.8 Å². The Morgan fingerprint density at radius 2 is 1.77 bits per heavy atom. The minimum absolute atomic E-state index is 0.0721. The van der Waals surface area contributed by atoms with Gasteiger partial charge in [-0.3, -0.25) is 0 Å². The van der Waals surface area contributed by atoms with Crippen molar-refractivity contribution in [1.29, 1.82) is 0 Å². The standard InChI is InChI=1S/C14H12N4O4/c1-10-3-14(18-9-22,5-16-7-20)11(2)12(4-15-6-19)13(10)17-8-21/h3,11H,4-5H2,1-2H3. The highest BCUT2D eigenvalue weighted by atomic mass is 16.1. The second kappa shape index (κ2) is 7.70. The first kappa shape index (κ1) is 17.1. The highest BCUT2D eigenvalue weighted by Crippen LogP contribution is 2.39. The van der Waals surface area contributed by atoms with Crippen molar-refractivity contribution in [2.75, 3.05) is 13.1 Å². The summed E-state index contributed by atoms with van der Waals surface area (Å²) >= 11 is 0. The molecule has 0 saturated carbocycles. The van der Waals surface area contributed by atoms with Crippen molar-refractivity contribution in [2.24, 2.45) is 25.9 Å². The molecule has 2 unspecified atom stereocenters. The van der Waals surface area contributed by atoms with Crippen LogP contribution in [0.4, 0.5) is 0 Å². The minimum Gasteiger partial charge on any atom is -0.211 e. The Hall–Kier alpha value is -3.00. The number of allylic oxidation sites excluding steroid dienone is 1. The third-order valence-electron chi connectivity index (χ3n) is 3.54. The molecular weight excluding hydrogens is 288 g/mol. The fraction of sp³-hybridized carbons (Fsp3) is 0.429. The molecule has 0 heterocycles. The van der Waals surface area contributed by atoms with Crippen LogP contribution in [-0.2, 0) is 19.2 Å². The third-order valence-corrected chi connectivity index (χ3v) is 3.54. The quantitative estimate of drug-likeness (QED) is 0.535. The van der Waals surface area contributed by atoms with E-state index in [0.717, 1.165) is 0 Å². The van der Waals surface area contributed by atoms with E-state index in [9.17, 15) is 19.2 Å². The van der Waals surface area contributed by atoms with E-state index in [1.807, 2.05) is 0 Å². The van der Waals surface area contributed by atoms with Crippen LogP contribution in [0.15, 0.2) is 42.9 Å². The Morgan fingerprint density at radius 3 is 2.32 bits per heavy atom. The topological polar surface area (TPSA) is 118 Å². The molecule has 1 aliphatic carbocycles. The normalized spacial score (nSPS) is 23.2. The van der Waals surface area contributed by atoms with Gasteiger partial charge in [0.15, 0.2) is 0 Å². The average Bonchev–Trinajstić information content (AvgIpc) is 2.50. The van der Waals surface area contributed by atoms with Gasteiger partial charge in [0.1, 0.15) is 5.54 Å². The lowest BCUT2D eigenvalue weighted by Crippen LogP contribution is -2.40. The molecule has 0 spiro atoms. The van der Waals surface area contributed by atoms with Crippen molar-refractivity contribution >= 4 is 24.3 Å². The number of hydrogen-bond donors (Lipinski definition) is 0. The van der Waals surface area contributed by atoms with Crippen molar-refractivity contribution in [3.8, 4) is 0 Å². The van der Waals surface area contributed by atoms with Crippen LogP contribution in [0.5, 0.6) is 0 Å². The summed E-state index contributed by atoms with van der Waals surface area (Å²) in [5.74, 6) is -0.501. The molecule has 0 N–H and O–H groups in total. The van der Waals surface area contributed by atoms with E-state index in [2.05, 4.69) is 20.0 Å². The minimum atomic E-state index is -1.17. The molecule has 0 amide bonds. The van der Waals surface area contributed by atoms with E-state index in [4.69, 9.17) is 0 Å². The van der Waals surface area contributed by atoms with Gasteiger partial charge in [-0.05, 0) is 24.1 Å². The maximum atomic E-state index is 10.8. The van der Waals surface area contributed by atoms with Crippen LogP contribution in [0.25, 0.3) is 0 Å². The van der Waals surface area contributed by atoms with Gasteiger partial charge in [0.25, 0.3) is 0 Å². The van der Waals surface area contributed by atoms with E-state index >= 15 is 0 Å². The second-order valence-electron chi connectivity index (χ2n) is 4.64. The molecule has 1 aliphatic rings. The van der Waals surface area contributed by atoms with Crippen LogP contribution in [-0.4, -0.2) is 42.9 Å². The first-order valence-corrected chi connectivity index (χ1v) is 6.23. The molecule has 8 nitrogen and oxygen atoms in total. The van der Waals surface area contributed by atoms with Crippen LogP contribution >= 0.6 is 0 Å². The van der Waals surface area contributed by atoms with Gasteiger partial charge in [-0.1, -0.05) is 6.92 Å². The van der Waals surface area contributed by atoms with Crippen LogP contribution in [0.3, 0.4) is 0 Å². The first-order chi connectivity index (χ1) is 10.6. The summed E-state index contributed by atoms with van der Waals surface area (Å²) in [7, 11) is 0. The summed E-state index contributed by atoms with van der Waals surface area (Å²) in [4.78, 5) is 56.5. The molecule has 8 heteroatoms. The molecule has 2 atom stereocenters. The maximum Gasteiger partial charge on any atom is 0.240 e. The molecule has 0 aromatic rings. The van der Waals surface area contributed by atoms with Gasteiger partial charge < -0.3 is 0 Å². The number of carbonyl (C=O) groups excluding carboxylic acids is 4. The molecule has 0 saturated heterocycles. The summed E-state index contributed by atoms with van der Waals surface area (Å²) in [5.41, 5.74) is 0.163. The molecule has 0 aromatic heterocycles. The van der Waals surface area contributed by atoms with Gasteiger partial charge in [-0.15, -0.1) is 0 Å². The monoisotopic (exact) mass is 300 g/mol. The van der Waals surface area contributed by atoms with Crippen molar-refractivity contribution in [3.05, 3.63) is 22.9 Å². The number of nitrogens with zero attached hydrogens (tertiary/aromatic N) is 4. The van der Waals surface area contributed by atoms with E-state index in [1.165, 1.54) is 24.3 Å². The van der Waals surface area contributed by atoms with E-state index in [0.29, 0.717) is 16.8 Å². The largest absolute Gasteiger partial charge is 0.240 e. The van der Waals surface area contributed by atoms with Gasteiger partial charge in [0.05, 0.1) is 18.8 Å². The van der Waals surface area contributed by atoms with Gasteiger partial charge in [-0.25, -0.2) is 29.2 Å². The van der Waals surface area contributed by atoms with Gasteiger partial charge in [0.2, 0.25) is 24.3 Å². The predicted octanol–water partition coefficient (Wildman–Crippen LogP) is 0.918. The second-order valence-corrected chi connectivity index (χ2v) is 4.64. The summed E-state index contributed by atoms with van der Waals surface area (Å²) in [5, 5.41) is 0. The zero-order valence-corrected chi connectivity index (χ0v) is 12.0. The van der Waals surface area contributed by atoms with Crippen LogP contribution in [0, 0.1) is 5.92 Å². The summed E-state index contributed by atoms with van der Waals surface area (Å²) < 4.78 is 0. The SMILES string of the molecule is CC1=CC(CN=C=O)(N=C=O)C(C)C(CN=C=O)=C1N=C=O. The first-order valence-electron chi connectivity index (χ1n) is 6.23. The number of rotatable bonds is 6. The Labute approximate surface area is 125 Å². The van der Waals surface area contributed by atoms with E-state index in [1.54, 1.807) is 19.9 Å². The molecular formula is C14H12N4O4.